The smallest absolute Gasteiger partial charge is 0.194 e. The average molecular weight is 335 g/mol. The maximum absolute atomic E-state index is 12.8. The second-order valence-corrected chi connectivity index (χ2v) is 6.25. The monoisotopic (exact) mass is 334 g/mol. The fourth-order valence-electron chi connectivity index (χ4n) is 3.55. The topological polar surface area (TPSA) is 34.1 Å². The quantitative estimate of drug-likeness (QED) is 0.421. The zero-order valence-electron chi connectivity index (χ0n) is 10.7. The van der Waals surface area contributed by atoms with Crippen molar-refractivity contribution in [1.29, 1.82) is 0 Å². The number of hydrogen-bond donors (Lipinski definition) is 0. The lowest BCUT2D eigenvalue weighted by molar-refractivity contribution is 0.103. The van der Waals surface area contributed by atoms with Crippen LogP contribution in [0.15, 0.2) is 46.9 Å². The Labute approximate surface area is 128 Å². The van der Waals surface area contributed by atoms with Crippen LogP contribution < -0.4 is 0 Å². The van der Waals surface area contributed by atoms with Crippen LogP contribution in [-0.4, -0.2) is 11.6 Å². The predicted molar refractivity (Wildman–Crippen MR) is 83.9 cm³/mol. The zero-order valence-corrected chi connectivity index (χ0v) is 12.3. The molecule has 21 heavy (non-hydrogen) atoms. The molecule has 5 rings (SSSR count). The summed E-state index contributed by atoms with van der Waals surface area (Å²) in [5, 5.41) is 1.88. The first-order valence-electron chi connectivity index (χ1n) is 6.66. The Hall–Kier alpha value is -2.26. The second kappa shape index (κ2) is 3.49. The zero-order chi connectivity index (χ0) is 14.3. The number of hydrogen-bond acceptors (Lipinski definition) is 2. The van der Waals surface area contributed by atoms with Gasteiger partial charge in [-0.3, -0.25) is 9.59 Å². The van der Waals surface area contributed by atoms with Crippen LogP contribution >= 0.6 is 15.9 Å². The van der Waals surface area contributed by atoms with E-state index in [1.807, 2.05) is 36.4 Å². The third kappa shape index (κ3) is 1.15. The largest absolute Gasteiger partial charge is 0.289 e. The normalized spacial score (nSPS) is 14.1. The van der Waals surface area contributed by atoms with E-state index in [1.165, 1.54) is 0 Å². The van der Waals surface area contributed by atoms with E-state index in [1.54, 1.807) is 6.07 Å². The molecule has 0 heterocycles. The van der Waals surface area contributed by atoms with Crippen LogP contribution in [0.2, 0.25) is 0 Å². The van der Waals surface area contributed by atoms with Crippen molar-refractivity contribution in [1.82, 2.24) is 0 Å². The molecule has 0 N–H and O–H groups in total. The Balaban J connectivity index is 2.18. The summed E-state index contributed by atoms with van der Waals surface area (Å²) in [7, 11) is 0. The summed E-state index contributed by atoms with van der Waals surface area (Å²) in [6.45, 7) is 0. The molecule has 0 fully saturated rings. The van der Waals surface area contributed by atoms with E-state index in [0.29, 0.717) is 22.3 Å². The van der Waals surface area contributed by atoms with Crippen molar-refractivity contribution >= 4 is 38.3 Å². The molecule has 0 saturated carbocycles. The third-order valence-corrected chi connectivity index (χ3v) is 5.06. The maximum atomic E-state index is 12.8. The van der Waals surface area contributed by atoms with Gasteiger partial charge in [-0.05, 0) is 11.5 Å². The first kappa shape index (κ1) is 11.4. The lowest BCUT2D eigenvalue weighted by atomic mass is 9.83. The van der Waals surface area contributed by atoms with Gasteiger partial charge < -0.3 is 0 Å². The summed E-state index contributed by atoms with van der Waals surface area (Å²) >= 11 is 3.53. The summed E-state index contributed by atoms with van der Waals surface area (Å²) in [5.74, 6) is 0.0117. The highest BCUT2D eigenvalue weighted by molar-refractivity contribution is 9.10. The van der Waals surface area contributed by atoms with Crippen molar-refractivity contribution in [3.05, 3.63) is 69.2 Å². The Kier molecular flexibility index (Phi) is 1.90. The molecule has 0 bridgehead atoms. The van der Waals surface area contributed by atoms with Crippen LogP contribution in [0.3, 0.4) is 0 Å². The lowest BCUT2D eigenvalue weighted by Gasteiger charge is -2.19. The van der Waals surface area contributed by atoms with Gasteiger partial charge in [0.05, 0.1) is 0 Å². The van der Waals surface area contributed by atoms with Gasteiger partial charge in [0.25, 0.3) is 0 Å². The highest BCUT2D eigenvalue weighted by Gasteiger charge is 2.37. The highest BCUT2D eigenvalue weighted by Crippen LogP contribution is 2.49. The van der Waals surface area contributed by atoms with Gasteiger partial charge in [-0.15, -0.1) is 0 Å². The fourth-order valence-corrected chi connectivity index (χ4v) is 4.11. The van der Waals surface area contributed by atoms with Gasteiger partial charge in [-0.2, -0.15) is 0 Å². The third-order valence-electron chi connectivity index (χ3n) is 4.41. The number of carbonyl (C=O) groups is 2. The maximum Gasteiger partial charge on any atom is 0.194 e. The number of rotatable bonds is 0. The van der Waals surface area contributed by atoms with Crippen molar-refractivity contribution in [2.45, 2.75) is 0 Å². The summed E-state index contributed by atoms with van der Waals surface area (Å²) < 4.78 is 0.857. The molecular weight excluding hydrogens is 328 g/mol. The molecule has 0 radical (unpaired) electrons. The first-order valence-corrected chi connectivity index (χ1v) is 7.46. The molecule has 0 aromatic heterocycles. The van der Waals surface area contributed by atoms with Crippen LogP contribution in [-0.2, 0) is 0 Å². The van der Waals surface area contributed by atoms with E-state index < -0.39 is 0 Å². The van der Waals surface area contributed by atoms with Crippen molar-refractivity contribution in [2.75, 3.05) is 0 Å². The van der Waals surface area contributed by atoms with Gasteiger partial charge in [-0.25, -0.2) is 0 Å². The molecule has 0 atom stereocenters. The van der Waals surface area contributed by atoms with Crippen LogP contribution in [0.4, 0.5) is 0 Å². The molecule has 2 nitrogen and oxygen atoms in total. The summed E-state index contributed by atoms with van der Waals surface area (Å²) in [5.41, 5.74) is 4.41. The van der Waals surface area contributed by atoms with E-state index in [9.17, 15) is 9.59 Å². The summed E-state index contributed by atoms with van der Waals surface area (Å²) in [4.78, 5) is 25.4. The molecule has 0 saturated heterocycles. The second-order valence-electron chi connectivity index (χ2n) is 5.40. The standard InChI is InChI=1S/C18H7BrO2/c19-13-7-12-16-14-8(13)3-1-4-9(14)17(20)10-5-2-6-11(15(10)16)18(12)21/h1-7H. The van der Waals surface area contributed by atoms with Crippen LogP contribution in [0.5, 0.6) is 0 Å². The molecule has 2 aliphatic rings. The molecule has 0 amide bonds. The molecule has 3 aromatic carbocycles. The molecule has 0 spiro atoms. The minimum Gasteiger partial charge on any atom is -0.289 e. The summed E-state index contributed by atoms with van der Waals surface area (Å²) in [6, 6.07) is 13.0. The van der Waals surface area contributed by atoms with E-state index in [-0.39, 0.29) is 11.6 Å². The molecule has 0 aliphatic heterocycles. The number of halogens is 1. The molecule has 3 heteroatoms. The van der Waals surface area contributed by atoms with Crippen LogP contribution in [0.25, 0.3) is 21.9 Å². The average Bonchev–Trinajstić information content (AvgIpc) is 2.79. The molecule has 98 valence electrons. The van der Waals surface area contributed by atoms with Crippen molar-refractivity contribution in [2.24, 2.45) is 0 Å². The lowest BCUT2D eigenvalue weighted by Crippen LogP contribution is -2.09. The first-order chi connectivity index (χ1) is 10.2. The van der Waals surface area contributed by atoms with Gasteiger partial charge in [0, 0.05) is 43.2 Å². The number of carbonyl (C=O) groups excluding carboxylic acids is 2. The van der Waals surface area contributed by atoms with Gasteiger partial charge in [0.1, 0.15) is 0 Å². The number of benzene rings is 3. The molecule has 3 aromatic rings. The Morgan fingerprint density at radius 1 is 0.714 bits per heavy atom. The van der Waals surface area contributed by atoms with E-state index in [0.717, 1.165) is 26.4 Å². The van der Waals surface area contributed by atoms with Crippen molar-refractivity contribution in [3.8, 4) is 11.1 Å². The van der Waals surface area contributed by atoms with Gasteiger partial charge in [0.15, 0.2) is 11.6 Å². The Bertz CT molecular complexity index is 1030. The van der Waals surface area contributed by atoms with E-state index >= 15 is 0 Å². The van der Waals surface area contributed by atoms with E-state index in [4.69, 9.17) is 0 Å². The minimum atomic E-state index is 0.00343. The Morgan fingerprint density at radius 3 is 2.10 bits per heavy atom. The van der Waals surface area contributed by atoms with Crippen molar-refractivity contribution in [3.63, 3.8) is 0 Å². The van der Waals surface area contributed by atoms with Gasteiger partial charge in [0.2, 0.25) is 0 Å². The van der Waals surface area contributed by atoms with Crippen LogP contribution in [0, 0.1) is 0 Å². The predicted octanol–water partition coefficient (Wildman–Crippen LogP) is 4.36. The van der Waals surface area contributed by atoms with Crippen molar-refractivity contribution < 1.29 is 9.59 Å². The minimum absolute atomic E-state index is 0.00343. The highest BCUT2D eigenvalue weighted by atomic mass is 79.9. The van der Waals surface area contributed by atoms with Crippen LogP contribution in [0.1, 0.15) is 31.8 Å². The molecule has 0 unspecified atom stereocenters. The fraction of sp³-hybridized carbons (Fsp3) is 0. The van der Waals surface area contributed by atoms with Gasteiger partial charge >= 0.3 is 0 Å². The molecular formula is C18H7BrO2. The van der Waals surface area contributed by atoms with Gasteiger partial charge in [-0.1, -0.05) is 52.3 Å². The Morgan fingerprint density at radius 2 is 1.33 bits per heavy atom. The summed E-state index contributed by atoms with van der Waals surface area (Å²) in [6.07, 6.45) is 0. The molecule has 2 aliphatic carbocycles. The SMILES string of the molecule is O=C1c2cccc3c2-c2c1cc(Br)c1cccc(c21)C3=O. The van der Waals surface area contributed by atoms with E-state index in [2.05, 4.69) is 15.9 Å². The number of ketones is 2.